The molecule has 162 valence electrons. The van der Waals surface area contributed by atoms with Gasteiger partial charge in [-0.25, -0.2) is 4.98 Å². The van der Waals surface area contributed by atoms with Crippen LogP contribution in [0.4, 0.5) is 0 Å². The standard InChI is InChI=1S/C26H31N3O2/c1-19-25(18-29-17-7-6-10-24(29)15-16-27-20(2)30)28-26(31-19)23-13-11-22(12-14-23)21-8-4-3-5-9-21/h3-5,8-9,11-14,24H,6-7,10,15-18H2,1-2H3,(H,27,30)/t24-/m0/s1. The van der Waals surface area contributed by atoms with E-state index in [4.69, 9.17) is 9.40 Å². The van der Waals surface area contributed by atoms with Crippen molar-refractivity contribution < 1.29 is 9.21 Å². The summed E-state index contributed by atoms with van der Waals surface area (Å²) >= 11 is 0. The topological polar surface area (TPSA) is 58.4 Å². The number of carbonyl (C=O) groups excluding carboxylic acids is 1. The number of benzene rings is 2. The molecule has 1 fully saturated rings. The molecule has 0 radical (unpaired) electrons. The van der Waals surface area contributed by atoms with Crippen LogP contribution in [-0.2, 0) is 11.3 Å². The van der Waals surface area contributed by atoms with Gasteiger partial charge in [-0.2, -0.15) is 0 Å². The molecule has 1 atom stereocenters. The Morgan fingerprint density at radius 1 is 1.06 bits per heavy atom. The normalized spacial score (nSPS) is 16.9. The molecule has 4 rings (SSSR count). The van der Waals surface area contributed by atoms with Gasteiger partial charge in [-0.15, -0.1) is 0 Å². The fourth-order valence-electron chi connectivity index (χ4n) is 4.34. The van der Waals surface area contributed by atoms with Crippen LogP contribution in [0.1, 0.15) is 44.1 Å². The molecule has 3 aromatic rings. The lowest BCUT2D eigenvalue weighted by atomic mass is 9.99. The molecule has 0 spiro atoms. The van der Waals surface area contributed by atoms with Crippen LogP contribution in [0.3, 0.4) is 0 Å². The monoisotopic (exact) mass is 417 g/mol. The van der Waals surface area contributed by atoms with Crippen LogP contribution in [0.2, 0.25) is 0 Å². The first kappa shape index (κ1) is 21.3. The van der Waals surface area contributed by atoms with Gasteiger partial charge in [0.05, 0.1) is 5.69 Å². The van der Waals surface area contributed by atoms with Gasteiger partial charge >= 0.3 is 0 Å². The molecular weight excluding hydrogens is 386 g/mol. The van der Waals surface area contributed by atoms with E-state index in [-0.39, 0.29) is 5.91 Å². The summed E-state index contributed by atoms with van der Waals surface area (Å²) in [6, 6.07) is 19.2. The third kappa shape index (κ3) is 5.42. The second-order valence-electron chi connectivity index (χ2n) is 8.36. The van der Waals surface area contributed by atoms with Gasteiger partial charge in [-0.1, -0.05) is 48.9 Å². The molecule has 31 heavy (non-hydrogen) atoms. The second kappa shape index (κ2) is 9.92. The van der Waals surface area contributed by atoms with Crippen LogP contribution in [0, 0.1) is 6.92 Å². The lowest BCUT2D eigenvalue weighted by molar-refractivity contribution is -0.119. The number of nitrogens with one attached hydrogen (secondary N) is 1. The number of hydrogen-bond acceptors (Lipinski definition) is 4. The van der Waals surface area contributed by atoms with Crippen LogP contribution in [0.5, 0.6) is 0 Å². The van der Waals surface area contributed by atoms with E-state index in [1.54, 1.807) is 6.92 Å². The molecule has 1 N–H and O–H groups in total. The molecule has 1 aliphatic heterocycles. The predicted octanol–water partition coefficient (Wildman–Crippen LogP) is 5.20. The fourth-order valence-corrected chi connectivity index (χ4v) is 4.34. The summed E-state index contributed by atoms with van der Waals surface area (Å²) in [6.45, 7) is 6.17. The van der Waals surface area contributed by atoms with Crippen molar-refractivity contribution >= 4 is 5.91 Å². The average molecular weight is 418 g/mol. The first-order chi connectivity index (χ1) is 15.1. The summed E-state index contributed by atoms with van der Waals surface area (Å²) in [5.41, 5.74) is 4.39. The minimum absolute atomic E-state index is 0.0395. The molecule has 1 aliphatic rings. The number of piperidine rings is 1. The number of likely N-dealkylation sites (tertiary alicyclic amines) is 1. The Balaban J connectivity index is 1.45. The molecular formula is C26H31N3O2. The van der Waals surface area contributed by atoms with Crippen LogP contribution >= 0.6 is 0 Å². The van der Waals surface area contributed by atoms with Crippen LogP contribution < -0.4 is 5.32 Å². The summed E-state index contributed by atoms with van der Waals surface area (Å²) in [7, 11) is 0. The van der Waals surface area contributed by atoms with E-state index in [2.05, 4.69) is 58.7 Å². The molecule has 5 nitrogen and oxygen atoms in total. The highest BCUT2D eigenvalue weighted by molar-refractivity contribution is 5.72. The van der Waals surface area contributed by atoms with Gasteiger partial charge in [0.25, 0.3) is 0 Å². The van der Waals surface area contributed by atoms with Gasteiger partial charge in [-0.3, -0.25) is 9.69 Å². The Bertz CT molecular complexity index is 995. The van der Waals surface area contributed by atoms with Crippen LogP contribution in [-0.4, -0.2) is 34.9 Å². The lowest BCUT2D eigenvalue weighted by Crippen LogP contribution is -2.41. The van der Waals surface area contributed by atoms with Gasteiger partial charge in [-0.05, 0) is 56.0 Å². The number of aromatic nitrogens is 1. The molecule has 1 amide bonds. The third-order valence-corrected chi connectivity index (χ3v) is 6.09. The molecule has 1 saturated heterocycles. The SMILES string of the molecule is CC(=O)NCC[C@@H]1CCCCN1Cc1nc(-c2ccc(-c3ccccc3)cc2)oc1C. The molecule has 0 unspecified atom stereocenters. The van der Waals surface area contributed by atoms with Gasteiger partial charge < -0.3 is 9.73 Å². The number of nitrogens with zero attached hydrogens (tertiary/aromatic N) is 2. The summed E-state index contributed by atoms with van der Waals surface area (Å²) in [6.07, 6.45) is 4.61. The fraction of sp³-hybridized carbons (Fsp3) is 0.385. The molecule has 0 aliphatic carbocycles. The molecule has 0 bridgehead atoms. The van der Waals surface area contributed by atoms with Gasteiger partial charge in [0, 0.05) is 31.6 Å². The predicted molar refractivity (Wildman–Crippen MR) is 123 cm³/mol. The number of aryl methyl sites for hydroxylation is 1. The highest BCUT2D eigenvalue weighted by Gasteiger charge is 2.24. The summed E-state index contributed by atoms with van der Waals surface area (Å²) < 4.78 is 6.04. The molecule has 2 aromatic carbocycles. The van der Waals surface area contributed by atoms with Crippen LogP contribution in [0.25, 0.3) is 22.6 Å². The van der Waals surface area contributed by atoms with E-state index < -0.39 is 0 Å². The van der Waals surface area contributed by atoms with Crippen molar-refractivity contribution in [1.29, 1.82) is 0 Å². The zero-order chi connectivity index (χ0) is 21.6. The second-order valence-corrected chi connectivity index (χ2v) is 8.36. The number of amides is 1. The zero-order valence-electron chi connectivity index (χ0n) is 18.4. The third-order valence-electron chi connectivity index (χ3n) is 6.09. The van der Waals surface area contributed by atoms with Crippen molar-refractivity contribution in [3.05, 3.63) is 66.1 Å². The quantitative estimate of drug-likeness (QED) is 0.574. The van der Waals surface area contributed by atoms with Gasteiger partial charge in [0.2, 0.25) is 11.8 Å². The first-order valence-corrected chi connectivity index (χ1v) is 11.2. The van der Waals surface area contributed by atoms with E-state index in [0.29, 0.717) is 11.9 Å². The average Bonchev–Trinajstić information content (AvgIpc) is 3.15. The Labute approximate surface area is 184 Å². The Hall–Kier alpha value is -2.92. The number of oxazole rings is 1. The molecule has 2 heterocycles. The smallest absolute Gasteiger partial charge is 0.226 e. The highest BCUT2D eigenvalue weighted by atomic mass is 16.4. The van der Waals surface area contributed by atoms with Crippen molar-refractivity contribution in [2.45, 2.75) is 52.1 Å². The van der Waals surface area contributed by atoms with Gasteiger partial charge in [0.15, 0.2) is 0 Å². The summed E-state index contributed by atoms with van der Waals surface area (Å²) in [4.78, 5) is 18.5. The lowest BCUT2D eigenvalue weighted by Gasteiger charge is -2.35. The van der Waals surface area contributed by atoms with E-state index in [9.17, 15) is 4.79 Å². The van der Waals surface area contributed by atoms with Crippen molar-refractivity contribution in [3.8, 4) is 22.6 Å². The van der Waals surface area contributed by atoms with Crippen molar-refractivity contribution in [3.63, 3.8) is 0 Å². The zero-order valence-corrected chi connectivity index (χ0v) is 18.4. The number of carbonyl (C=O) groups is 1. The van der Waals surface area contributed by atoms with Crippen molar-refractivity contribution in [1.82, 2.24) is 15.2 Å². The molecule has 5 heteroatoms. The maximum atomic E-state index is 11.2. The molecule has 1 aromatic heterocycles. The minimum atomic E-state index is 0.0395. The van der Waals surface area contributed by atoms with E-state index in [1.807, 2.05) is 13.0 Å². The molecule has 0 saturated carbocycles. The Morgan fingerprint density at radius 3 is 2.52 bits per heavy atom. The van der Waals surface area contributed by atoms with E-state index in [0.717, 1.165) is 43.1 Å². The van der Waals surface area contributed by atoms with Crippen LogP contribution in [0.15, 0.2) is 59.0 Å². The highest BCUT2D eigenvalue weighted by Crippen LogP contribution is 2.28. The maximum Gasteiger partial charge on any atom is 0.226 e. The maximum absolute atomic E-state index is 11.2. The number of hydrogen-bond donors (Lipinski definition) is 1. The first-order valence-electron chi connectivity index (χ1n) is 11.2. The summed E-state index contributed by atoms with van der Waals surface area (Å²) in [5.74, 6) is 1.60. The summed E-state index contributed by atoms with van der Waals surface area (Å²) in [5, 5.41) is 2.93. The van der Waals surface area contributed by atoms with Crippen molar-refractivity contribution in [2.75, 3.05) is 13.1 Å². The van der Waals surface area contributed by atoms with Gasteiger partial charge in [0.1, 0.15) is 5.76 Å². The Morgan fingerprint density at radius 2 is 1.77 bits per heavy atom. The number of rotatable bonds is 7. The Kier molecular flexibility index (Phi) is 6.82. The largest absolute Gasteiger partial charge is 0.441 e. The van der Waals surface area contributed by atoms with E-state index >= 15 is 0 Å². The van der Waals surface area contributed by atoms with Crippen molar-refractivity contribution in [2.24, 2.45) is 0 Å². The minimum Gasteiger partial charge on any atom is -0.441 e. The van der Waals surface area contributed by atoms with E-state index in [1.165, 1.54) is 30.4 Å².